The molecule has 0 saturated carbocycles. The summed E-state index contributed by atoms with van der Waals surface area (Å²) < 4.78 is 10.0. The van der Waals surface area contributed by atoms with Gasteiger partial charge < -0.3 is 13.9 Å². The lowest BCUT2D eigenvalue weighted by Gasteiger charge is -2.15. The van der Waals surface area contributed by atoms with Crippen LogP contribution in [-0.4, -0.2) is 28.2 Å². The van der Waals surface area contributed by atoms with Crippen molar-refractivity contribution in [3.63, 3.8) is 0 Å². The van der Waals surface area contributed by atoms with Crippen LogP contribution in [0.4, 0.5) is 0 Å². The van der Waals surface area contributed by atoms with Crippen LogP contribution in [0, 0.1) is 20.8 Å². The van der Waals surface area contributed by atoms with E-state index in [1.165, 1.54) is 0 Å². The van der Waals surface area contributed by atoms with Gasteiger partial charge in [0.25, 0.3) is 0 Å². The first-order chi connectivity index (χ1) is 8.97. The fraction of sp³-hybridized carbons (Fsp3) is 0.462. The molecule has 0 atom stereocenters. The Kier molecular flexibility index (Phi) is 3.69. The predicted octanol–water partition coefficient (Wildman–Crippen LogP) is 1.79. The van der Waals surface area contributed by atoms with Gasteiger partial charge in [-0.3, -0.25) is 4.79 Å². The van der Waals surface area contributed by atoms with Crippen molar-refractivity contribution in [2.45, 2.75) is 33.7 Å². The van der Waals surface area contributed by atoms with Gasteiger partial charge in [-0.15, -0.1) is 0 Å². The van der Waals surface area contributed by atoms with Crippen LogP contribution in [0.2, 0.25) is 0 Å². The molecule has 0 radical (unpaired) electrons. The second-order valence-corrected chi connectivity index (χ2v) is 4.66. The second kappa shape index (κ2) is 5.26. The van der Waals surface area contributed by atoms with E-state index in [0.29, 0.717) is 12.3 Å². The van der Waals surface area contributed by atoms with Crippen molar-refractivity contribution < 1.29 is 13.8 Å². The van der Waals surface area contributed by atoms with Crippen LogP contribution in [0.3, 0.4) is 0 Å². The first-order valence-corrected chi connectivity index (χ1v) is 6.05. The minimum absolute atomic E-state index is 0.00458. The molecule has 0 aliphatic rings. The number of carbonyl (C=O) groups is 1. The van der Waals surface area contributed by atoms with Crippen molar-refractivity contribution in [2.75, 3.05) is 7.05 Å². The molecule has 102 valence electrons. The first kappa shape index (κ1) is 13.3. The first-order valence-electron chi connectivity index (χ1n) is 6.05. The topological polar surface area (TPSA) is 72.4 Å². The van der Waals surface area contributed by atoms with E-state index in [2.05, 4.69) is 10.3 Å². The third kappa shape index (κ3) is 3.01. The summed E-state index contributed by atoms with van der Waals surface area (Å²) in [5.74, 6) is 1.42. The van der Waals surface area contributed by atoms with Gasteiger partial charge in [0.15, 0.2) is 0 Å². The molecule has 2 aromatic rings. The molecule has 0 spiro atoms. The van der Waals surface area contributed by atoms with Gasteiger partial charge in [-0.1, -0.05) is 10.3 Å². The lowest BCUT2D eigenvalue weighted by Crippen LogP contribution is -2.28. The SMILES string of the molecule is Cc1cc(CN(C)C(=O)Cc2c(C)noc2C)no1. The Morgan fingerprint density at radius 3 is 2.53 bits per heavy atom. The number of nitrogens with zero attached hydrogens (tertiary/aromatic N) is 3. The largest absolute Gasteiger partial charge is 0.361 e. The Morgan fingerprint density at radius 2 is 2.00 bits per heavy atom. The van der Waals surface area contributed by atoms with Gasteiger partial charge in [0, 0.05) is 18.7 Å². The van der Waals surface area contributed by atoms with Crippen molar-refractivity contribution in [1.82, 2.24) is 15.2 Å². The summed E-state index contributed by atoms with van der Waals surface area (Å²) in [5, 5.41) is 7.71. The zero-order chi connectivity index (χ0) is 14.0. The highest BCUT2D eigenvalue weighted by molar-refractivity contribution is 5.78. The molecule has 0 fully saturated rings. The van der Waals surface area contributed by atoms with Gasteiger partial charge in [-0.2, -0.15) is 0 Å². The monoisotopic (exact) mass is 263 g/mol. The Morgan fingerprint density at radius 1 is 1.26 bits per heavy atom. The number of likely N-dealkylation sites (N-methyl/N-ethyl adjacent to an activating group) is 1. The minimum Gasteiger partial charge on any atom is -0.361 e. The van der Waals surface area contributed by atoms with E-state index in [4.69, 9.17) is 9.05 Å². The molecule has 0 aliphatic heterocycles. The molecule has 0 aromatic carbocycles. The van der Waals surface area contributed by atoms with Crippen molar-refractivity contribution in [3.8, 4) is 0 Å². The summed E-state index contributed by atoms with van der Waals surface area (Å²) in [7, 11) is 1.74. The van der Waals surface area contributed by atoms with Crippen LogP contribution >= 0.6 is 0 Å². The number of aryl methyl sites for hydroxylation is 3. The number of amides is 1. The lowest BCUT2D eigenvalue weighted by molar-refractivity contribution is -0.129. The van der Waals surface area contributed by atoms with Gasteiger partial charge in [-0.25, -0.2) is 0 Å². The molecule has 0 aliphatic carbocycles. The maximum absolute atomic E-state index is 12.1. The molecule has 2 aromatic heterocycles. The third-order valence-electron chi connectivity index (χ3n) is 3.01. The Bertz CT molecular complexity index is 566. The smallest absolute Gasteiger partial charge is 0.227 e. The average molecular weight is 263 g/mol. The molecule has 0 bridgehead atoms. The number of hydrogen-bond acceptors (Lipinski definition) is 5. The maximum atomic E-state index is 12.1. The maximum Gasteiger partial charge on any atom is 0.227 e. The summed E-state index contributed by atoms with van der Waals surface area (Å²) in [6.07, 6.45) is 0.286. The predicted molar refractivity (Wildman–Crippen MR) is 67.4 cm³/mol. The summed E-state index contributed by atoms with van der Waals surface area (Å²) in [6.45, 7) is 5.89. The van der Waals surface area contributed by atoms with E-state index < -0.39 is 0 Å². The van der Waals surface area contributed by atoms with Crippen LogP contribution < -0.4 is 0 Å². The molecule has 0 N–H and O–H groups in total. The Balaban J connectivity index is 2.00. The number of rotatable bonds is 4. The fourth-order valence-electron chi connectivity index (χ4n) is 1.86. The molecule has 6 heteroatoms. The van der Waals surface area contributed by atoms with E-state index in [-0.39, 0.29) is 12.3 Å². The summed E-state index contributed by atoms with van der Waals surface area (Å²) in [6, 6.07) is 1.82. The summed E-state index contributed by atoms with van der Waals surface area (Å²) in [4.78, 5) is 13.7. The number of aromatic nitrogens is 2. The highest BCUT2D eigenvalue weighted by atomic mass is 16.5. The average Bonchev–Trinajstić information content (AvgIpc) is 2.89. The van der Waals surface area contributed by atoms with Gasteiger partial charge >= 0.3 is 0 Å². The van der Waals surface area contributed by atoms with Crippen LogP contribution in [-0.2, 0) is 17.8 Å². The van der Waals surface area contributed by atoms with Gasteiger partial charge in [0.2, 0.25) is 5.91 Å². The van der Waals surface area contributed by atoms with E-state index in [9.17, 15) is 4.79 Å². The van der Waals surface area contributed by atoms with Gasteiger partial charge in [0.1, 0.15) is 17.2 Å². The van der Waals surface area contributed by atoms with Crippen LogP contribution in [0.5, 0.6) is 0 Å². The van der Waals surface area contributed by atoms with E-state index in [1.807, 2.05) is 26.8 Å². The highest BCUT2D eigenvalue weighted by Crippen LogP contribution is 2.14. The molecule has 2 heterocycles. The number of hydrogen-bond donors (Lipinski definition) is 0. The molecule has 0 unspecified atom stereocenters. The molecule has 6 nitrogen and oxygen atoms in total. The summed E-state index contributed by atoms with van der Waals surface area (Å²) in [5.41, 5.74) is 2.36. The Labute approximate surface area is 111 Å². The lowest BCUT2D eigenvalue weighted by atomic mass is 10.1. The Hall–Kier alpha value is -2.11. The molecule has 1 amide bonds. The zero-order valence-electron chi connectivity index (χ0n) is 11.6. The number of carbonyl (C=O) groups excluding carboxylic acids is 1. The van der Waals surface area contributed by atoms with Crippen LogP contribution in [0.25, 0.3) is 0 Å². The fourth-order valence-corrected chi connectivity index (χ4v) is 1.86. The van der Waals surface area contributed by atoms with Crippen molar-refractivity contribution >= 4 is 5.91 Å². The van der Waals surface area contributed by atoms with E-state index in [1.54, 1.807) is 11.9 Å². The van der Waals surface area contributed by atoms with Gasteiger partial charge in [0.05, 0.1) is 18.7 Å². The van der Waals surface area contributed by atoms with Crippen LogP contribution in [0.15, 0.2) is 15.1 Å². The molecular formula is C13H17N3O3. The van der Waals surface area contributed by atoms with Gasteiger partial charge in [-0.05, 0) is 20.8 Å². The molecule has 2 rings (SSSR count). The van der Waals surface area contributed by atoms with Crippen molar-refractivity contribution in [2.24, 2.45) is 0 Å². The highest BCUT2D eigenvalue weighted by Gasteiger charge is 2.17. The van der Waals surface area contributed by atoms with Crippen LogP contribution in [0.1, 0.15) is 28.5 Å². The normalized spacial score (nSPS) is 10.7. The van der Waals surface area contributed by atoms with E-state index in [0.717, 1.165) is 22.7 Å². The van der Waals surface area contributed by atoms with Crippen molar-refractivity contribution in [3.05, 3.63) is 34.5 Å². The third-order valence-corrected chi connectivity index (χ3v) is 3.01. The molecule has 0 saturated heterocycles. The molecular weight excluding hydrogens is 246 g/mol. The quantitative estimate of drug-likeness (QED) is 0.840. The minimum atomic E-state index is -0.00458. The molecule has 19 heavy (non-hydrogen) atoms. The van der Waals surface area contributed by atoms with Crippen molar-refractivity contribution in [1.29, 1.82) is 0 Å². The second-order valence-electron chi connectivity index (χ2n) is 4.66. The van der Waals surface area contributed by atoms with E-state index >= 15 is 0 Å². The zero-order valence-corrected chi connectivity index (χ0v) is 11.6. The summed E-state index contributed by atoms with van der Waals surface area (Å²) >= 11 is 0. The standard InChI is InChI=1S/C13H17N3O3/c1-8-5-11(15-18-8)7-16(4)13(17)6-12-9(2)14-19-10(12)3/h5H,6-7H2,1-4H3.